The molecule has 0 aliphatic rings. The van der Waals surface area contributed by atoms with Gasteiger partial charge >= 0.3 is 0 Å². The normalized spacial score (nSPS) is 9.82. The maximum atomic E-state index is 11.7. The predicted octanol–water partition coefficient (Wildman–Crippen LogP) is 0.369. The lowest BCUT2D eigenvalue weighted by molar-refractivity contribution is 0.0911. The van der Waals surface area contributed by atoms with Crippen LogP contribution in [0.3, 0.4) is 0 Å². The number of carbonyl (C=O) groups is 1. The van der Waals surface area contributed by atoms with Crippen molar-refractivity contribution in [3.63, 3.8) is 0 Å². The first-order valence-corrected chi connectivity index (χ1v) is 4.55. The van der Waals surface area contributed by atoms with E-state index in [9.17, 15) is 4.79 Å². The summed E-state index contributed by atoms with van der Waals surface area (Å²) in [6.07, 6.45) is 2.85. The van der Waals surface area contributed by atoms with Crippen LogP contribution in [0.5, 0.6) is 0 Å². The Bertz CT molecular complexity index is 372. The summed E-state index contributed by atoms with van der Waals surface area (Å²) in [6.45, 7) is 3.97. The summed E-state index contributed by atoms with van der Waals surface area (Å²) in [5.41, 5.74) is 10.6. The van der Waals surface area contributed by atoms with E-state index in [1.165, 1.54) is 12.4 Å². The van der Waals surface area contributed by atoms with Gasteiger partial charge in [-0.3, -0.25) is 4.79 Å². The van der Waals surface area contributed by atoms with Crippen LogP contribution in [-0.2, 0) is 0 Å². The van der Waals surface area contributed by atoms with Gasteiger partial charge < -0.3 is 16.8 Å². The van der Waals surface area contributed by atoms with E-state index in [2.05, 4.69) is 15.3 Å². The van der Waals surface area contributed by atoms with E-state index in [4.69, 9.17) is 11.5 Å². The third-order valence-electron chi connectivity index (χ3n) is 1.90. The number of halogens is 2. The first-order valence-electron chi connectivity index (χ1n) is 4.55. The van der Waals surface area contributed by atoms with Crippen LogP contribution in [0.15, 0.2) is 12.4 Å². The van der Waals surface area contributed by atoms with Crippen molar-refractivity contribution in [2.75, 3.05) is 12.3 Å². The van der Waals surface area contributed by atoms with Crippen molar-refractivity contribution in [3.05, 3.63) is 18.1 Å². The molecule has 1 aromatic heterocycles. The van der Waals surface area contributed by atoms with Crippen LogP contribution in [0.2, 0.25) is 0 Å². The van der Waals surface area contributed by atoms with E-state index >= 15 is 0 Å². The summed E-state index contributed by atoms with van der Waals surface area (Å²) in [4.78, 5) is 19.3. The number of aromatic nitrogens is 2. The topological polar surface area (TPSA) is 107 Å². The van der Waals surface area contributed by atoms with Gasteiger partial charge in [0.1, 0.15) is 0 Å². The summed E-state index contributed by atoms with van der Waals surface area (Å²) in [5, 5.41) is 2.72. The Morgan fingerprint density at radius 2 is 1.88 bits per heavy atom. The molecule has 0 bridgehead atoms. The van der Waals surface area contributed by atoms with E-state index in [1.807, 2.05) is 13.8 Å². The Labute approximate surface area is 112 Å². The lowest BCUT2D eigenvalue weighted by Gasteiger charge is -2.23. The van der Waals surface area contributed by atoms with Gasteiger partial charge in [-0.05, 0) is 13.8 Å². The Balaban J connectivity index is 0. The lowest BCUT2D eigenvalue weighted by Crippen LogP contribution is -2.49. The minimum Gasteiger partial charge on any atom is -0.382 e. The Kier molecular flexibility index (Phi) is 7.80. The molecule has 1 rings (SSSR count). The highest BCUT2D eigenvalue weighted by molar-refractivity contribution is 5.96. The molecular formula is C9H17Cl2N5O. The van der Waals surface area contributed by atoms with E-state index < -0.39 is 5.54 Å². The van der Waals surface area contributed by atoms with E-state index in [-0.39, 0.29) is 42.2 Å². The minimum absolute atomic E-state index is 0. The second kappa shape index (κ2) is 7.26. The van der Waals surface area contributed by atoms with Gasteiger partial charge in [0.15, 0.2) is 11.5 Å². The summed E-state index contributed by atoms with van der Waals surface area (Å²) in [6, 6.07) is 0. The van der Waals surface area contributed by atoms with Gasteiger partial charge in [0.2, 0.25) is 0 Å². The number of rotatable bonds is 3. The standard InChI is InChI=1S/C9H15N5O.2ClH/c1-9(2,5-10)14-8(15)6-7(11)13-4-3-12-6;;/h3-4H,5,10H2,1-2H3,(H2,11,13)(H,14,15);2*1H. The summed E-state index contributed by atoms with van der Waals surface area (Å²) < 4.78 is 0. The fraction of sp³-hybridized carbons (Fsp3) is 0.444. The SMILES string of the molecule is CC(C)(CN)NC(=O)c1nccnc1N.Cl.Cl. The van der Waals surface area contributed by atoms with Gasteiger partial charge in [-0.2, -0.15) is 0 Å². The van der Waals surface area contributed by atoms with Crippen molar-refractivity contribution in [2.24, 2.45) is 5.73 Å². The highest BCUT2D eigenvalue weighted by atomic mass is 35.5. The highest BCUT2D eigenvalue weighted by Crippen LogP contribution is 2.06. The lowest BCUT2D eigenvalue weighted by atomic mass is 10.1. The van der Waals surface area contributed by atoms with Crippen molar-refractivity contribution in [1.82, 2.24) is 15.3 Å². The molecule has 0 atom stereocenters. The van der Waals surface area contributed by atoms with Crippen molar-refractivity contribution < 1.29 is 4.79 Å². The molecule has 0 fully saturated rings. The molecule has 1 aromatic rings. The van der Waals surface area contributed by atoms with Gasteiger partial charge in [0.25, 0.3) is 5.91 Å². The number of hydrogen-bond acceptors (Lipinski definition) is 5. The molecule has 1 heterocycles. The largest absolute Gasteiger partial charge is 0.382 e. The van der Waals surface area contributed by atoms with E-state index in [1.54, 1.807) is 0 Å². The molecular weight excluding hydrogens is 265 g/mol. The van der Waals surface area contributed by atoms with Crippen molar-refractivity contribution in [2.45, 2.75) is 19.4 Å². The number of nitrogens with one attached hydrogen (secondary N) is 1. The van der Waals surface area contributed by atoms with Gasteiger partial charge in [-0.1, -0.05) is 0 Å². The molecule has 1 amide bonds. The Hall–Kier alpha value is -1.11. The number of nitrogens with two attached hydrogens (primary N) is 2. The van der Waals surface area contributed by atoms with E-state index in [0.717, 1.165) is 0 Å². The molecule has 98 valence electrons. The molecule has 0 saturated heterocycles. The Morgan fingerprint density at radius 3 is 2.35 bits per heavy atom. The fourth-order valence-electron chi connectivity index (χ4n) is 0.941. The van der Waals surface area contributed by atoms with Crippen molar-refractivity contribution in [1.29, 1.82) is 0 Å². The molecule has 0 spiro atoms. The molecule has 0 aliphatic carbocycles. The predicted molar refractivity (Wildman–Crippen MR) is 71.5 cm³/mol. The first kappa shape index (κ1) is 18.3. The highest BCUT2D eigenvalue weighted by Gasteiger charge is 2.21. The zero-order valence-corrected chi connectivity index (χ0v) is 11.3. The fourth-order valence-corrected chi connectivity index (χ4v) is 0.941. The average Bonchev–Trinajstić information content (AvgIpc) is 2.17. The van der Waals surface area contributed by atoms with Gasteiger partial charge in [-0.25, -0.2) is 9.97 Å². The summed E-state index contributed by atoms with van der Waals surface area (Å²) >= 11 is 0. The van der Waals surface area contributed by atoms with Crippen LogP contribution >= 0.6 is 24.8 Å². The molecule has 6 nitrogen and oxygen atoms in total. The number of carbonyl (C=O) groups excluding carboxylic acids is 1. The Morgan fingerprint density at radius 1 is 1.35 bits per heavy atom. The number of hydrogen-bond donors (Lipinski definition) is 3. The molecule has 0 aliphatic heterocycles. The smallest absolute Gasteiger partial charge is 0.274 e. The molecule has 0 unspecified atom stereocenters. The minimum atomic E-state index is -0.485. The molecule has 5 N–H and O–H groups in total. The van der Waals surface area contributed by atoms with Crippen LogP contribution in [0.4, 0.5) is 5.82 Å². The first-order chi connectivity index (χ1) is 6.96. The second-order valence-corrected chi connectivity index (χ2v) is 3.83. The quantitative estimate of drug-likeness (QED) is 0.742. The van der Waals surface area contributed by atoms with Gasteiger partial charge in [0.05, 0.1) is 0 Å². The van der Waals surface area contributed by atoms with Crippen LogP contribution in [0.1, 0.15) is 24.3 Å². The van der Waals surface area contributed by atoms with Crippen molar-refractivity contribution >= 4 is 36.5 Å². The van der Waals surface area contributed by atoms with Gasteiger partial charge in [-0.15, -0.1) is 24.8 Å². The van der Waals surface area contributed by atoms with Crippen molar-refractivity contribution in [3.8, 4) is 0 Å². The molecule has 0 aromatic carbocycles. The zero-order valence-electron chi connectivity index (χ0n) is 9.64. The summed E-state index contributed by atoms with van der Waals surface area (Å²) in [5.74, 6) is -0.251. The summed E-state index contributed by atoms with van der Waals surface area (Å²) in [7, 11) is 0. The van der Waals surface area contributed by atoms with Crippen LogP contribution in [0, 0.1) is 0 Å². The van der Waals surface area contributed by atoms with Crippen LogP contribution in [-0.4, -0.2) is 28.0 Å². The molecule has 0 saturated carbocycles. The van der Waals surface area contributed by atoms with E-state index in [0.29, 0.717) is 6.54 Å². The van der Waals surface area contributed by atoms with Gasteiger partial charge in [0, 0.05) is 24.5 Å². The van der Waals surface area contributed by atoms with Crippen LogP contribution < -0.4 is 16.8 Å². The average molecular weight is 282 g/mol. The number of amides is 1. The molecule has 8 heteroatoms. The van der Waals surface area contributed by atoms with Crippen LogP contribution in [0.25, 0.3) is 0 Å². The molecule has 0 radical (unpaired) electrons. The molecule has 17 heavy (non-hydrogen) atoms. The third kappa shape index (κ3) is 5.16. The maximum absolute atomic E-state index is 11.7. The third-order valence-corrected chi connectivity index (χ3v) is 1.90. The number of nitrogen functional groups attached to an aromatic ring is 1. The second-order valence-electron chi connectivity index (χ2n) is 3.83. The zero-order chi connectivity index (χ0) is 11.5. The number of anilines is 1. The number of nitrogens with zero attached hydrogens (tertiary/aromatic N) is 2. The monoisotopic (exact) mass is 281 g/mol. The maximum Gasteiger partial charge on any atom is 0.274 e.